The lowest BCUT2D eigenvalue weighted by Gasteiger charge is -2.22. The maximum absolute atomic E-state index is 6.06. The van der Waals surface area contributed by atoms with Crippen molar-refractivity contribution >= 4 is 22.6 Å². The van der Waals surface area contributed by atoms with E-state index in [2.05, 4.69) is 68.6 Å². The van der Waals surface area contributed by atoms with Crippen LogP contribution in [0.1, 0.15) is 42.3 Å². The van der Waals surface area contributed by atoms with E-state index in [-0.39, 0.29) is 0 Å². The molecule has 0 bridgehead atoms. The van der Waals surface area contributed by atoms with Crippen LogP contribution in [0.3, 0.4) is 0 Å². The molecule has 0 aliphatic carbocycles. The van der Waals surface area contributed by atoms with Crippen LogP contribution in [0.25, 0.3) is 11.0 Å². The van der Waals surface area contributed by atoms with Crippen LogP contribution < -0.4 is 0 Å². The summed E-state index contributed by atoms with van der Waals surface area (Å²) < 4.78 is 2.38. The van der Waals surface area contributed by atoms with Gasteiger partial charge in [0.05, 0.1) is 11.0 Å². The third kappa shape index (κ3) is 4.53. The van der Waals surface area contributed by atoms with Gasteiger partial charge >= 0.3 is 0 Å². The highest BCUT2D eigenvalue weighted by molar-refractivity contribution is 6.30. The predicted molar refractivity (Wildman–Crippen MR) is 116 cm³/mol. The molecule has 0 fully saturated rings. The standard InChI is InChI=1S/C23H30ClN3/c1-6-20(26(4)5)11-12-23-25-21-13-16(2)17(3)14-22(21)27(23)15-18-7-9-19(24)10-8-18/h7-10,13-14,20H,6,11-12,15H2,1-5H3. The summed E-state index contributed by atoms with van der Waals surface area (Å²) in [6, 6.07) is 13.2. The lowest BCUT2D eigenvalue weighted by Crippen LogP contribution is -2.28. The molecule has 0 aliphatic heterocycles. The minimum Gasteiger partial charge on any atom is -0.323 e. The summed E-state index contributed by atoms with van der Waals surface area (Å²) in [5.41, 5.74) is 6.18. The Bertz CT molecular complexity index is 910. The van der Waals surface area contributed by atoms with E-state index in [1.807, 2.05) is 12.1 Å². The summed E-state index contributed by atoms with van der Waals surface area (Å²) in [4.78, 5) is 7.33. The van der Waals surface area contributed by atoms with E-state index >= 15 is 0 Å². The molecule has 144 valence electrons. The fourth-order valence-corrected chi connectivity index (χ4v) is 3.82. The second kappa shape index (κ2) is 8.45. The first-order valence-corrected chi connectivity index (χ1v) is 10.1. The van der Waals surface area contributed by atoms with Crippen LogP contribution in [0.5, 0.6) is 0 Å². The van der Waals surface area contributed by atoms with Crippen LogP contribution in [0.15, 0.2) is 36.4 Å². The predicted octanol–water partition coefficient (Wildman–Crippen LogP) is 5.63. The van der Waals surface area contributed by atoms with Gasteiger partial charge in [-0.3, -0.25) is 0 Å². The van der Waals surface area contributed by atoms with Gasteiger partial charge < -0.3 is 9.47 Å². The molecule has 27 heavy (non-hydrogen) atoms. The third-order valence-electron chi connectivity index (χ3n) is 5.60. The second-order valence-corrected chi connectivity index (χ2v) is 8.17. The third-order valence-corrected chi connectivity index (χ3v) is 5.85. The smallest absolute Gasteiger partial charge is 0.110 e. The molecule has 3 nitrogen and oxygen atoms in total. The lowest BCUT2D eigenvalue weighted by molar-refractivity contribution is 0.270. The number of halogens is 1. The molecule has 1 unspecified atom stereocenters. The van der Waals surface area contributed by atoms with Gasteiger partial charge in [0.25, 0.3) is 0 Å². The van der Waals surface area contributed by atoms with E-state index < -0.39 is 0 Å². The SMILES string of the molecule is CCC(CCc1nc2cc(C)c(C)cc2n1Cc1ccc(Cl)cc1)N(C)C. The van der Waals surface area contributed by atoms with Crippen molar-refractivity contribution in [3.05, 3.63) is 63.9 Å². The Morgan fingerprint density at radius 3 is 2.37 bits per heavy atom. The van der Waals surface area contributed by atoms with E-state index in [1.165, 1.54) is 28.0 Å². The Morgan fingerprint density at radius 1 is 1.07 bits per heavy atom. The molecule has 3 aromatic rings. The van der Waals surface area contributed by atoms with Crippen molar-refractivity contribution in [3.63, 3.8) is 0 Å². The first kappa shape index (κ1) is 19.9. The molecule has 2 aromatic carbocycles. The molecule has 0 amide bonds. The van der Waals surface area contributed by atoms with Crippen molar-refractivity contribution in [1.82, 2.24) is 14.5 Å². The molecule has 0 radical (unpaired) electrons. The summed E-state index contributed by atoms with van der Waals surface area (Å²) in [5.74, 6) is 1.17. The second-order valence-electron chi connectivity index (χ2n) is 7.73. The number of aromatic nitrogens is 2. The summed E-state index contributed by atoms with van der Waals surface area (Å²) >= 11 is 6.06. The van der Waals surface area contributed by atoms with Crippen LogP contribution in [0, 0.1) is 13.8 Å². The van der Waals surface area contributed by atoms with Gasteiger partial charge in [-0.25, -0.2) is 4.98 Å². The van der Waals surface area contributed by atoms with Gasteiger partial charge in [-0.2, -0.15) is 0 Å². The number of hydrogen-bond acceptors (Lipinski definition) is 2. The van der Waals surface area contributed by atoms with Gasteiger partial charge in [0.1, 0.15) is 5.82 Å². The van der Waals surface area contributed by atoms with Gasteiger partial charge in [-0.1, -0.05) is 30.7 Å². The minimum absolute atomic E-state index is 0.581. The molecule has 4 heteroatoms. The number of aryl methyl sites for hydroxylation is 3. The first-order chi connectivity index (χ1) is 12.9. The molecule has 0 spiro atoms. The monoisotopic (exact) mass is 383 g/mol. The molecule has 1 atom stereocenters. The van der Waals surface area contributed by atoms with Crippen molar-refractivity contribution in [3.8, 4) is 0 Å². The fourth-order valence-electron chi connectivity index (χ4n) is 3.69. The van der Waals surface area contributed by atoms with Crippen LogP contribution in [0.4, 0.5) is 0 Å². The molecule has 0 N–H and O–H groups in total. The highest BCUT2D eigenvalue weighted by Gasteiger charge is 2.15. The number of nitrogens with zero attached hydrogens (tertiary/aromatic N) is 3. The number of rotatable bonds is 7. The van der Waals surface area contributed by atoms with Crippen LogP contribution in [-0.4, -0.2) is 34.6 Å². The quantitative estimate of drug-likeness (QED) is 0.527. The number of hydrogen-bond donors (Lipinski definition) is 0. The summed E-state index contributed by atoms with van der Waals surface area (Å²) in [7, 11) is 4.33. The Kier molecular flexibility index (Phi) is 6.23. The Morgan fingerprint density at radius 2 is 1.74 bits per heavy atom. The van der Waals surface area contributed by atoms with Gasteiger partial charge in [0.2, 0.25) is 0 Å². The number of imidazole rings is 1. The van der Waals surface area contributed by atoms with Crippen LogP contribution in [0.2, 0.25) is 5.02 Å². The minimum atomic E-state index is 0.581. The van der Waals surface area contributed by atoms with Crippen molar-refractivity contribution in [2.45, 2.75) is 52.6 Å². The number of fused-ring (bicyclic) bond motifs is 1. The average Bonchev–Trinajstić information content (AvgIpc) is 2.94. The van der Waals surface area contributed by atoms with Crippen molar-refractivity contribution < 1.29 is 0 Å². The maximum Gasteiger partial charge on any atom is 0.110 e. The van der Waals surface area contributed by atoms with Crippen LogP contribution >= 0.6 is 11.6 Å². The Hall–Kier alpha value is -1.84. The zero-order chi connectivity index (χ0) is 19.6. The van der Waals surface area contributed by atoms with Gasteiger partial charge in [0.15, 0.2) is 0 Å². The fraction of sp³-hybridized carbons (Fsp3) is 0.435. The van der Waals surface area contributed by atoms with Gasteiger partial charge in [0, 0.05) is 24.0 Å². The van der Waals surface area contributed by atoms with Gasteiger partial charge in [-0.15, -0.1) is 0 Å². The molecule has 0 saturated heterocycles. The van der Waals surface area contributed by atoms with Crippen molar-refractivity contribution in [1.29, 1.82) is 0 Å². The van der Waals surface area contributed by atoms with E-state index in [4.69, 9.17) is 16.6 Å². The highest BCUT2D eigenvalue weighted by atomic mass is 35.5. The molecular weight excluding hydrogens is 354 g/mol. The normalized spacial score (nSPS) is 12.9. The summed E-state index contributed by atoms with van der Waals surface area (Å²) in [6.07, 6.45) is 3.26. The highest BCUT2D eigenvalue weighted by Crippen LogP contribution is 2.24. The Balaban J connectivity index is 1.98. The zero-order valence-electron chi connectivity index (χ0n) is 17.1. The molecule has 0 saturated carbocycles. The molecule has 1 heterocycles. The molecule has 3 rings (SSSR count). The lowest BCUT2D eigenvalue weighted by atomic mass is 10.1. The van der Waals surface area contributed by atoms with Crippen LogP contribution in [-0.2, 0) is 13.0 Å². The largest absolute Gasteiger partial charge is 0.323 e. The number of benzene rings is 2. The van der Waals surface area contributed by atoms with Crippen molar-refractivity contribution in [2.75, 3.05) is 14.1 Å². The van der Waals surface area contributed by atoms with E-state index in [0.717, 1.165) is 36.3 Å². The van der Waals surface area contributed by atoms with Crippen molar-refractivity contribution in [2.24, 2.45) is 0 Å². The maximum atomic E-state index is 6.06. The zero-order valence-corrected chi connectivity index (χ0v) is 17.8. The topological polar surface area (TPSA) is 21.1 Å². The molecule has 0 aliphatic rings. The van der Waals surface area contributed by atoms with E-state index in [9.17, 15) is 0 Å². The average molecular weight is 384 g/mol. The summed E-state index contributed by atoms with van der Waals surface area (Å²) in [6.45, 7) is 7.41. The van der Waals surface area contributed by atoms with E-state index in [0.29, 0.717) is 6.04 Å². The van der Waals surface area contributed by atoms with E-state index in [1.54, 1.807) is 0 Å². The summed E-state index contributed by atoms with van der Waals surface area (Å²) in [5, 5.41) is 0.776. The first-order valence-electron chi connectivity index (χ1n) is 9.76. The molecular formula is C23H30ClN3. The molecule has 1 aromatic heterocycles. The van der Waals surface area contributed by atoms with Gasteiger partial charge in [-0.05, 0) is 81.7 Å². The Labute approximate surface area is 168 Å².